The van der Waals surface area contributed by atoms with E-state index in [1.807, 2.05) is 0 Å². The molecule has 0 heterocycles. The molecule has 0 bridgehead atoms. The first-order valence-electron chi connectivity index (χ1n) is 4.40. The van der Waals surface area contributed by atoms with Gasteiger partial charge in [-0.3, -0.25) is 4.72 Å². The highest BCUT2D eigenvalue weighted by Gasteiger charge is 2.08. The average Bonchev–Trinajstić information content (AvgIpc) is 2.18. The minimum atomic E-state index is -3.25. The molecule has 6 heteroatoms. The Bertz CT molecular complexity index is 403. The van der Waals surface area contributed by atoms with E-state index in [0.29, 0.717) is 22.9 Å². The van der Waals surface area contributed by atoms with Crippen LogP contribution >= 0.6 is 24.2 Å². The van der Waals surface area contributed by atoms with Gasteiger partial charge in [0.15, 0.2) is 0 Å². The maximum atomic E-state index is 11.5. The molecule has 0 fully saturated rings. The number of sulfonamides is 1. The Morgan fingerprint density at radius 1 is 1.27 bits per heavy atom. The summed E-state index contributed by atoms with van der Waals surface area (Å²) in [6, 6.07) is 6.52. The van der Waals surface area contributed by atoms with Gasteiger partial charge in [-0.25, -0.2) is 8.42 Å². The number of nitrogens with one attached hydrogen (secondary N) is 1. The lowest BCUT2D eigenvalue weighted by Crippen LogP contribution is -2.16. The van der Waals surface area contributed by atoms with Gasteiger partial charge in [-0.15, -0.1) is 0 Å². The molecule has 0 atom stereocenters. The van der Waals surface area contributed by atoms with Gasteiger partial charge in [-0.2, -0.15) is 12.6 Å². The van der Waals surface area contributed by atoms with Crippen LogP contribution < -0.4 is 4.72 Å². The standard InChI is InChI=1S/C9H12ClNO2S2/c10-8-2-4-9(5-3-8)11-15(12,13)7-1-6-14/h2-5,11,14H,1,6-7H2. The highest BCUT2D eigenvalue weighted by Crippen LogP contribution is 2.14. The van der Waals surface area contributed by atoms with Crippen LogP contribution in [0.3, 0.4) is 0 Å². The van der Waals surface area contributed by atoms with Crippen LogP contribution in [-0.4, -0.2) is 19.9 Å². The van der Waals surface area contributed by atoms with Crippen molar-refractivity contribution in [3.63, 3.8) is 0 Å². The fraction of sp³-hybridized carbons (Fsp3) is 0.333. The highest BCUT2D eigenvalue weighted by atomic mass is 35.5. The van der Waals surface area contributed by atoms with Gasteiger partial charge in [-0.05, 0) is 36.4 Å². The second-order valence-electron chi connectivity index (χ2n) is 3.00. The summed E-state index contributed by atoms with van der Waals surface area (Å²) >= 11 is 9.64. The third-order valence-electron chi connectivity index (χ3n) is 1.69. The molecular formula is C9H12ClNO2S2. The predicted molar refractivity (Wildman–Crippen MR) is 67.3 cm³/mol. The second-order valence-corrected chi connectivity index (χ2v) is 5.73. The highest BCUT2D eigenvalue weighted by molar-refractivity contribution is 7.92. The third-order valence-corrected chi connectivity index (χ3v) is 3.63. The molecule has 0 unspecified atom stereocenters. The van der Waals surface area contributed by atoms with E-state index >= 15 is 0 Å². The zero-order valence-electron chi connectivity index (χ0n) is 7.98. The lowest BCUT2D eigenvalue weighted by molar-refractivity contribution is 0.600. The molecule has 0 amide bonds. The minimum absolute atomic E-state index is 0.0825. The van der Waals surface area contributed by atoms with Crippen molar-refractivity contribution in [2.24, 2.45) is 0 Å². The number of anilines is 1. The van der Waals surface area contributed by atoms with E-state index in [0.717, 1.165) is 0 Å². The van der Waals surface area contributed by atoms with Gasteiger partial charge in [0, 0.05) is 10.7 Å². The zero-order valence-corrected chi connectivity index (χ0v) is 10.4. The molecule has 15 heavy (non-hydrogen) atoms. The summed E-state index contributed by atoms with van der Waals surface area (Å²) < 4.78 is 25.4. The Morgan fingerprint density at radius 2 is 1.87 bits per heavy atom. The Kier molecular flexibility index (Phi) is 4.76. The summed E-state index contributed by atoms with van der Waals surface area (Å²) in [4.78, 5) is 0. The van der Waals surface area contributed by atoms with Gasteiger partial charge < -0.3 is 0 Å². The van der Waals surface area contributed by atoms with Crippen molar-refractivity contribution in [3.05, 3.63) is 29.3 Å². The summed E-state index contributed by atoms with van der Waals surface area (Å²) in [5, 5.41) is 0.577. The van der Waals surface area contributed by atoms with E-state index in [1.165, 1.54) is 0 Å². The summed E-state index contributed by atoms with van der Waals surface area (Å²) in [6.07, 6.45) is 0.534. The van der Waals surface area contributed by atoms with Crippen LogP contribution in [0.2, 0.25) is 5.02 Å². The molecule has 0 spiro atoms. The fourth-order valence-corrected chi connectivity index (χ4v) is 2.62. The van der Waals surface area contributed by atoms with Crippen LogP contribution in [0.1, 0.15) is 6.42 Å². The predicted octanol–water partition coefficient (Wildman–Crippen LogP) is 2.40. The molecule has 1 rings (SSSR count). The maximum absolute atomic E-state index is 11.5. The largest absolute Gasteiger partial charge is 0.284 e. The van der Waals surface area contributed by atoms with E-state index in [-0.39, 0.29) is 5.75 Å². The van der Waals surface area contributed by atoms with Crippen LogP contribution in [0.5, 0.6) is 0 Å². The van der Waals surface area contributed by atoms with Gasteiger partial charge in [0.25, 0.3) is 0 Å². The average molecular weight is 266 g/mol. The molecule has 0 saturated carbocycles. The van der Waals surface area contributed by atoms with Crippen LogP contribution in [0.15, 0.2) is 24.3 Å². The summed E-state index contributed by atoms with van der Waals surface area (Å²) in [5.41, 5.74) is 0.526. The second kappa shape index (κ2) is 5.63. The zero-order chi connectivity index (χ0) is 11.3. The van der Waals surface area contributed by atoms with Crippen LogP contribution in [0.25, 0.3) is 0 Å². The van der Waals surface area contributed by atoms with Gasteiger partial charge in [0.05, 0.1) is 5.75 Å². The smallest absolute Gasteiger partial charge is 0.232 e. The molecule has 1 N–H and O–H groups in total. The normalized spacial score (nSPS) is 11.3. The molecule has 3 nitrogen and oxygen atoms in total. The van der Waals surface area contributed by atoms with Crippen molar-refractivity contribution in [1.82, 2.24) is 0 Å². The molecule has 1 aromatic carbocycles. The van der Waals surface area contributed by atoms with E-state index in [2.05, 4.69) is 17.4 Å². The SMILES string of the molecule is O=S(=O)(CCCS)Nc1ccc(Cl)cc1. The van der Waals surface area contributed by atoms with Crippen LogP contribution in [-0.2, 0) is 10.0 Å². The summed E-state index contributed by atoms with van der Waals surface area (Å²) in [5.74, 6) is 0.640. The van der Waals surface area contributed by atoms with Crippen molar-refractivity contribution in [3.8, 4) is 0 Å². The molecule has 0 aromatic heterocycles. The number of hydrogen-bond acceptors (Lipinski definition) is 3. The minimum Gasteiger partial charge on any atom is -0.284 e. The van der Waals surface area contributed by atoms with Crippen molar-refractivity contribution < 1.29 is 8.42 Å². The Hall–Kier alpha value is -0.390. The quantitative estimate of drug-likeness (QED) is 0.803. The molecule has 1 aromatic rings. The van der Waals surface area contributed by atoms with Crippen molar-refractivity contribution >= 4 is 39.9 Å². The first-order chi connectivity index (χ1) is 7.03. The molecule has 0 saturated heterocycles. The van der Waals surface area contributed by atoms with Crippen molar-refractivity contribution in [2.75, 3.05) is 16.2 Å². The Morgan fingerprint density at radius 3 is 2.40 bits per heavy atom. The van der Waals surface area contributed by atoms with Gasteiger partial charge in [0.2, 0.25) is 10.0 Å². The van der Waals surface area contributed by atoms with Crippen LogP contribution in [0.4, 0.5) is 5.69 Å². The number of hydrogen-bond donors (Lipinski definition) is 2. The molecule has 0 aliphatic carbocycles. The molecule has 0 aliphatic rings. The Balaban J connectivity index is 2.65. The molecular weight excluding hydrogens is 254 g/mol. The van der Waals surface area contributed by atoms with Gasteiger partial charge in [0.1, 0.15) is 0 Å². The monoisotopic (exact) mass is 265 g/mol. The molecule has 84 valence electrons. The van der Waals surface area contributed by atoms with Crippen molar-refractivity contribution in [2.45, 2.75) is 6.42 Å². The number of rotatable bonds is 5. The first-order valence-corrected chi connectivity index (χ1v) is 7.07. The lowest BCUT2D eigenvalue weighted by atomic mass is 10.3. The van der Waals surface area contributed by atoms with E-state index < -0.39 is 10.0 Å². The van der Waals surface area contributed by atoms with E-state index in [9.17, 15) is 8.42 Å². The summed E-state index contributed by atoms with van der Waals surface area (Å²) in [7, 11) is -3.25. The number of benzene rings is 1. The number of halogens is 1. The summed E-state index contributed by atoms with van der Waals surface area (Å²) in [6.45, 7) is 0. The third kappa shape index (κ3) is 4.77. The first kappa shape index (κ1) is 12.7. The molecule has 0 radical (unpaired) electrons. The topological polar surface area (TPSA) is 46.2 Å². The van der Waals surface area contributed by atoms with E-state index in [1.54, 1.807) is 24.3 Å². The molecule has 0 aliphatic heterocycles. The van der Waals surface area contributed by atoms with Crippen molar-refractivity contribution in [1.29, 1.82) is 0 Å². The lowest BCUT2D eigenvalue weighted by Gasteiger charge is -2.06. The van der Waals surface area contributed by atoms with Crippen LogP contribution in [0, 0.1) is 0 Å². The fourth-order valence-electron chi connectivity index (χ4n) is 1.00. The van der Waals surface area contributed by atoms with Gasteiger partial charge >= 0.3 is 0 Å². The van der Waals surface area contributed by atoms with Gasteiger partial charge in [-0.1, -0.05) is 11.6 Å². The Labute approximate surface area is 100 Å². The number of thiol groups is 1. The van der Waals surface area contributed by atoms with E-state index in [4.69, 9.17) is 11.6 Å². The maximum Gasteiger partial charge on any atom is 0.232 e.